The summed E-state index contributed by atoms with van der Waals surface area (Å²) >= 11 is 4.76. The maximum Gasteiger partial charge on any atom is 0.487 e. The van der Waals surface area contributed by atoms with Gasteiger partial charge in [-0.3, -0.25) is 9.89 Å². The summed E-state index contributed by atoms with van der Waals surface area (Å²) in [6.07, 6.45) is 1.67. The van der Waals surface area contributed by atoms with Gasteiger partial charge < -0.3 is 15.0 Å². The zero-order valence-corrected chi connectivity index (χ0v) is 17.0. The van der Waals surface area contributed by atoms with Crippen molar-refractivity contribution in [3.63, 3.8) is 0 Å². The Balaban J connectivity index is 1.62. The number of fused-ring (bicyclic) bond motifs is 1. The summed E-state index contributed by atoms with van der Waals surface area (Å²) < 4.78 is 29.7. The van der Waals surface area contributed by atoms with Crippen LogP contribution in [0.15, 0.2) is 48.7 Å². The molecule has 0 radical (unpaired) electrons. The fourth-order valence-corrected chi connectivity index (χ4v) is 3.83. The summed E-state index contributed by atoms with van der Waals surface area (Å²) in [5, 5.41) is 9.77. The molecule has 3 aromatic rings. The molecule has 30 heavy (non-hydrogen) atoms. The van der Waals surface area contributed by atoms with Gasteiger partial charge in [0, 0.05) is 59.8 Å². The molecule has 2 N–H and O–H groups in total. The molecular weight excluding hydrogens is 414 g/mol. The minimum absolute atomic E-state index is 0.107. The number of hydrogen-bond donors (Lipinski definition) is 2. The number of aromatic nitrogens is 2. The summed E-state index contributed by atoms with van der Waals surface area (Å²) in [5.41, 5.74) is 1.03. The second kappa shape index (κ2) is 7.60. The van der Waals surface area contributed by atoms with Crippen molar-refractivity contribution in [2.45, 2.75) is 18.4 Å². The molecule has 1 unspecified atom stereocenters. The highest BCUT2D eigenvalue weighted by atomic mass is 35.5. The van der Waals surface area contributed by atoms with Crippen LogP contribution in [0.4, 0.5) is 20.2 Å². The number of alkyl halides is 3. The Bertz CT molecular complexity index is 1070. The second-order valence-electron chi connectivity index (χ2n) is 7.24. The molecule has 0 saturated carbocycles. The molecule has 1 aliphatic rings. The third-order valence-electron chi connectivity index (χ3n) is 5.00. The van der Waals surface area contributed by atoms with E-state index < -0.39 is 5.57 Å². The lowest BCUT2D eigenvalue weighted by Crippen LogP contribution is -2.16. The van der Waals surface area contributed by atoms with Gasteiger partial charge in [-0.05, 0) is 48.0 Å². The molecule has 0 bridgehead atoms. The van der Waals surface area contributed by atoms with Crippen molar-refractivity contribution in [2.24, 2.45) is 0 Å². The van der Waals surface area contributed by atoms with Gasteiger partial charge in [0.2, 0.25) is 0 Å². The zero-order valence-electron chi connectivity index (χ0n) is 16.2. The highest BCUT2D eigenvalue weighted by Crippen LogP contribution is 2.42. The molecular formula is C21H19ClF2N4O2. The molecule has 6 nitrogen and oxygen atoms in total. The van der Waals surface area contributed by atoms with Crippen LogP contribution >= 0.6 is 11.6 Å². The first-order valence-electron chi connectivity index (χ1n) is 9.27. The third-order valence-corrected chi connectivity index (χ3v) is 5.08. The summed E-state index contributed by atoms with van der Waals surface area (Å²) in [6.45, 7) is 2.97. The van der Waals surface area contributed by atoms with Crippen molar-refractivity contribution < 1.29 is 18.3 Å². The second-order valence-corrected chi connectivity index (χ2v) is 7.68. The number of aromatic amines is 1. The Morgan fingerprint density at radius 1 is 1.30 bits per heavy atom. The number of H-pyrrole nitrogens is 1. The standard InChI is InChI=1S/C21H19ClF2N4O2/c1-12-11-28(2)19-16(12)9-13(10-17(19)18-7-8-25-27-18)20(29)26-14-3-5-15(6-4-14)30-21(22,23)24/h3-10,12H,11H2,1-2H3,(H,25,27)(H,26,29). The zero-order chi connectivity index (χ0) is 21.5. The van der Waals surface area contributed by atoms with Gasteiger partial charge in [0.05, 0.1) is 5.69 Å². The number of carbonyl (C=O) groups excluding carboxylic acids is 1. The number of likely N-dealkylation sites (N-methyl/N-ethyl adjacent to an activating group) is 1. The largest absolute Gasteiger partial charge is 0.487 e. The molecule has 4 rings (SSSR count). The van der Waals surface area contributed by atoms with Crippen molar-refractivity contribution in [1.29, 1.82) is 0 Å². The van der Waals surface area contributed by atoms with Gasteiger partial charge in [0.1, 0.15) is 5.75 Å². The van der Waals surface area contributed by atoms with Crippen molar-refractivity contribution >= 4 is 28.9 Å². The molecule has 1 aliphatic heterocycles. The normalized spacial score (nSPS) is 15.8. The average Bonchev–Trinajstić information content (AvgIpc) is 3.30. The van der Waals surface area contributed by atoms with Crippen molar-refractivity contribution in [2.75, 3.05) is 23.8 Å². The first-order chi connectivity index (χ1) is 14.2. The fourth-order valence-electron chi connectivity index (χ4n) is 3.74. The van der Waals surface area contributed by atoms with Gasteiger partial charge in [0.25, 0.3) is 5.91 Å². The molecule has 1 amide bonds. The van der Waals surface area contributed by atoms with E-state index >= 15 is 0 Å². The SMILES string of the molecule is CC1CN(C)c2c(-c3ccn[nH]3)cc(C(=O)Nc3ccc(OC(F)(F)Cl)cc3)cc21. The lowest BCUT2D eigenvalue weighted by molar-refractivity contribution is -0.0964. The van der Waals surface area contributed by atoms with Crippen molar-refractivity contribution in [3.8, 4) is 17.0 Å². The van der Waals surface area contributed by atoms with Crippen LogP contribution in [0.2, 0.25) is 0 Å². The van der Waals surface area contributed by atoms with E-state index in [0.29, 0.717) is 11.3 Å². The van der Waals surface area contributed by atoms with E-state index in [4.69, 9.17) is 11.6 Å². The minimum atomic E-state index is -3.79. The first kappa shape index (κ1) is 20.2. The molecule has 1 atom stereocenters. The van der Waals surface area contributed by atoms with Crippen LogP contribution in [0.3, 0.4) is 0 Å². The van der Waals surface area contributed by atoms with Crippen LogP contribution in [-0.2, 0) is 0 Å². The van der Waals surface area contributed by atoms with Gasteiger partial charge >= 0.3 is 5.57 Å². The maximum atomic E-state index is 12.9. The predicted octanol–water partition coefficient (Wildman–Crippen LogP) is 5.05. The summed E-state index contributed by atoms with van der Waals surface area (Å²) in [7, 11) is 2.02. The van der Waals surface area contributed by atoms with E-state index in [-0.39, 0.29) is 17.6 Å². The van der Waals surface area contributed by atoms with Gasteiger partial charge in [-0.1, -0.05) is 6.92 Å². The number of amides is 1. The van der Waals surface area contributed by atoms with Crippen LogP contribution in [0.5, 0.6) is 5.75 Å². The minimum Gasteiger partial charge on any atom is -0.420 e. The summed E-state index contributed by atoms with van der Waals surface area (Å²) in [6, 6.07) is 11.1. The topological polar surface area (TPSA) is 70.2 Å². The highest BCUT2D eigenvalue weighted by Gasteiger charge is 2.29. The average molecular weight is 433 g/mol. The number of benzene rings is 2. The van der Waals surface area contributed by atoms with Crippen molar-refractivity contribution in [3.05, 3.63) is 59.8 Å². The number of rotatable bonds is 5. The molecule has 0 fully saturated rings. The van der Waals surface area contributed by atoms with Gasteiger partial charge in [-0.15, -0.1) is 8.78 Å². The molecule has 2 aromatic carbocycles. The van der Waals surface area contributed by atoms with Crippen LogP contribution in [0.25, 0.3) is 11.3 Å². The monoisotopic (exact) mass is 432 g/mol. The molecule has 2 heterocycles. The number of hydrogen-bond acceptors (Lipinski definition) is 4. The van der Waals surface area contributed by atoms with E-state index in [1.54, 1.807) is 6.20 Å². The van der Waals surface area contributed by atoms with E-state index in [1.807, 2.05) is 25.2 Å². The Kier molecular flexibility index (Phi) is 5.11. The Labute approximate surface area is 176 Å². The lowest BCUT2D eigenvalue weighted by atomic mass is 9.95. The van der Waals surface area contributed by atoms with Crippen LogP contribution in [0.1, 0.15) is 28.8 Å². The number of nitrogens with zero attached hydrogens (tertiary/aromatic N) is 2. The Morgan fingerprint density at radius 3 is 2.67 bits per heavy atom. The lowest BCUT2D eigenvalue weighted by Gasteiger charge is -2.17. The first-order valence-corrected chi connectivity index (χ1v) is 9.65. The van der Waals surface area contributed by atoms with Crippen LogP contribution in [-0.4, -0.2) is 35.3 Å². The van der Waals surface area contributed by atoms with Crippen LogP contribution < -0.4 is 15.0 Å². The number of anilines is 2. The molecule has 0 spiro atoms. The molecule has 0 saturated heterocycles. The maximum absolute atomic E-state index is 12.9. The van der Waals surface area contributed by atoms with Crippen LogP contribution in [0, 0.1) is 0 Å². The van der Waals surface area contributed by atoms with Gasteiger partial charge in [0.15, 0.2) is 0 Å². The molecule has 0 aliphatic carbocycles. The number of nitrogens with one attached hydrogen (secondary N) is 2. The Morgan fingerprint density at radius 2 is 2.03 bits per heavy atom. The summed E-state index contributed by atoms with van der Waals surface area (Å²) in [4.78, 5) is 15.1. The van der Waals surface area contributed by atoms with Gasteiger partial charge in [-0.2, -0.15) is 5.10 Å². The quantitative estimate of drug-likeness (QED) is 0.553. The van der Waals surface area contributed by atoms with Crippen molar-refractivity contribution in [1.82, 2.24) is 10.2 Å². The number of carbonyl (C=O) groups is 1. The third kappa shape index (κ3) is 4.09. The summed E-state index contributed by atoms with van der Waals surface area (Å²) in [5.74, 6) is -0.145. The van der Waals surface area contributed by atoms with E-state index in [1.165, 1.54) is 24.3 Å². The molecule has 1 aromatic heterocycles. The smallest absolute Gasteiger partial charge is 0.420 e. The highest BCUT2D eigenvalue weighted by molar-refractivity contribution is 6.20. The number of ether oxygens (including phenoxy) is 1. The van der Waals surface area contributed by atoms with Gasteiger partial charge in [-0.25, -0.2) is 0 Å². The molecule has 156 valence electrons. The fraction of sp³-hybridized carbons (Fsp3) is 0.238. The van der Waals surface area contributed by atoms with E-state index in [2.05, 4.69) is 32.1 Å². The number of halogens is 3. The Hall–Kier alpha value is -3.13. The predicted molar refractivity (Wildman–Crippen MR) is 112 cm³/mol. The van der Waals surface area contributed by atoms with E-state index in [0.717, 1.165) is 29.1 Å². The molecule has 9 heteroatoms. The van der Waals surface area contributed by atoms with E-state index in [9.17, 15) is 13.6 Å².